The van der Waals surface area contributed by atoms with Gasteiger partial charge in [0.15, 0.2) is 0 Å². The minimum Gasteiger partial charge on any atom is -0.466 e. The number of ether oxygens (including phenoxy) is 2. The molecule has 0 saturated heterocycles. The second-order valence-corrected chi connectivity index (χ2v) is 10.6. The topological polar surface area (TPSA) is 88.2 Å². The number of nitrogens with one attached hydrogen (secondary N) is 1. The lowest BCUT2D eigenvalue weighted by Gasteiger charge is -2.39. The normalized spacial score (nSPS) is 15.2. The van der Waals surface area contributed by atoms with Gasteiger partial charge in [-0.1, -0.05) is 54.6 Å². The second kappa shape index (κ2) is 13.5. The van der Waals surface area contributed by atoms with Gasteiger partial charge in [-0.05, 0) is 70.7 Å². The van der Waals surface area contributed by atoms with E-state index < -0.39 is 23.5 Å². The summed E-state index contributed by atoms with van der Waals surface area (Å²) in [5, 5.41) is 6.71. The molecule has 1 amide bonds. The Bertz CT molecular complexity index is 1080. The molecule has 206 valence electrons. The molecule has 2 aromatic carbocycles. The first-order valence-electron chi connectivity index (χ1n) is 13.4. The van der Waals surface area contributed by atoms with Crippen molar-refractivity contribution in [2.24, 2.45) is 0 Å². The van der Waals surface area contributed by atoms with Crippen molar-refractivity contribution in [2.45, 2.75) is 71.6 Å². The summed E-state index contributed by atoms with van der Waals surface area (Å²) in [6.07, 6.45) is 1.26. The van der Waals surface area contributed by atoms with Crippen LogP contribution in [0.5, 0.6) is 0 Å². The summed E-state index contributed by atoms with van der Waals surface area (Å²) in [7, 11) is 0. The lowest BCUT2D eigenvalue weighted by molar-refractivity contribution is -0.171. The van der Waals surface area contributed by atoms with Gasteiger partial charge in [-0.25, -0.2) is 5.01 Å². The summed E-state index contributed by atoms with van der Waals surface area (Å²) in [6, 6.07) is 17.1. The van der Waals surface area contributed by atoms with E-state index in [1.54, 1.807) is 13.8 Å². The van der Waals surface area contributed by atoms with Gasteiger partial charge in [-0.3, -0.25) is 19.4 Å². The molecule has 8 heteroatoms. The van der Waals surface area contributed by atoms with E-state index in [2.05, 4.69) is 17.4 Å². The fourth-order valence-electron chi connectivity index (χ4n) is 4.60. The van der Waals surface area contributed by atoms with Gasteiger partial charge in [0.25, 0.3) is 5.91 Å². The minimum atomic E-state index is -0.649. The third-order valence-electron chi connectivity index (χ3n) is 6.43. The fourth-order valence-corrected chi connectivity index (χ4v) is 4.60. The summed E-state index contributed by atoms with van der Waals surface area (Å²) in [5.41, 5.74) is 2.63. The predicted molar refractivity (Wildman–Crippen MR) is 146 cm³/mol. The Morgan fingerprint density at radius 3 is 2.34 bits per heavy atom. The second-order valence-electron chi connectivity index (χ2n) is 10.6. The number of benzene rings is 2. The Labute approximate surface area is 226 Å². The van der Waals surface area contributed by atoms with Crippen LogP contribution in [0.3, 0.4) is 0 Å². The van der Waals surface area contributed by atoms with E-state index in [1.807, 2.05) is 68.2 Å². The average Bonchev–Trinajstić information content (AvgIpc) is 2.88. The number of carbonyl (C=O) groups is 3. The molecule has 1 N–H and O–H groups in total. The molecular formula is C30H41N3O5. The predicted octanol–water partition coefficient (Wildman–Crippen LogP) is 3.85. The highest BCUT2D eigenvalue weighted by molar-refractivity contribution is 5.85. The molecule has 0 bridgehead atoms. The van der Waals surface area contributed by atoms with Crippen molar-refractivity contribution in [2.75, 3.05) is 26.2 Å². The van der Waals surface area contributed by atoms with E-state index in [-0.39, 0.29) is 18.4 Å². The minimum absolute atomic E-state index is 0.167. The van der Waals surface area contributed by atoms with Crippen LogP contribution in [0, 0.1) is 0 Å². The van der Waals surface area contributed by atoms with E-state index in [1.165, 1.54) is 10.6 Å². The highest BCUT2D eigenvalue weighted by Gasteiger charge is 2.32. The molecule has 0 saturated carbocycles. The van der Waals surface area contributed by atoms with Crippen molar-refractivity contribution < 1.29 is 23.9 Å². The Hall–Kier alpha value is -3.23. The molecule has 0 spiro atoms. The van der Waals surface area contributed by atoms with Crippen molar-refractivity contribution >= 4 is 17.8 Å². The average molecular weight is 524 g/mol. The van der Waals surface area contributed by atoms with Crippen LogP contribution in [0.2, 0.25) is 0 Å². The summed E-state index contributed by atoms with van der Waals surface area (Å²) in [5.74, 6) is -1.38. The van der Waals surface area contributed by atoms with Crippen LogP contribution < -0.4 is 5.32 Å². The highest BCUT2D eigenvalue weighted by atomic mass is 16.6. The van der Waals surface area contributed by atoms with Gasteiger partial charge in [0.2, 0.25) is 0 Å². The monoisotopic (exact) mass is 523 g/mol. The molecular weight excluding hydrogens is 482 g/mol. The number of esters is 2. The molecule has 0 aliphatic carbocycles. The van der Waals surface area contributed by atoms with Crippen LogP contribution in [-0.4, -0.2) is 65.7 Å². The molecule has 1 heterocycles. The van der Waals surface area contributed by atoms with Gasteiger partial charge in [0.1, 0.15) is 12.1 Å². The molecule has 8 nitrogen and oxygen atoms in total. The van der Waals surface area contributed by atoms with E-state index in [0.29, 0.717) is 32.7 Å². The third-order valence-corrected chi connectivity index (χ3v) is 6.43. The maximum atomic E-state index is 13.7. The molecule has 3 rings (SSSR count). The van der Waals surface area contributed by atoms with Crippen molar-refractivity contribution in [1.29, 1.82) is 0 Å². The van der Waals surface area contributed by atoms with Gasteiger partial charge in [0, 0.05) is 13.1 Å². The number of hydrogen-bond donors (Lipinski definition) is 1. The number of rotatable bonds is 11. The lowest BCUT2D eigenvalue weighted by Crippen LogP contribution is -2.56. The Kier molecular flexibility index (Phi) is 10.4. The van der Waals surface area contributed by atoms with Crippen molar-refractivity contribution in [3.8, 4) is 0 Å². The zero-order valence-electron chi connectivity index (χ0n) is 23.2. The first-order chi connectivity index (χ1) is 18.1. The molecule has 0 radical (unpaired) electrons. The van der Waals surface area contributed by atoms with Crippen LogP contribution in [-0.2, 0) is 36.8 Å². The molecule has 0 fully saturated rings. The SMILES string of the molecule is CCOC(=O)C(CCN[C@@H](C)C(=O)N(CC(=O)OC(C)(C)C)N1CCc2ccccc2C1)c1ccccc1. The number of carbonyl (C=O) groups excluding carboxylic acids is 3. The largest absolute Gasteiger partial charge is 0.466 e. The van der Waals surface area contributed by atoms with E-state index >= 15 is 0 Å². The zero-order valence-corrected chi connectivity index (χ0v) is 23.2. The number of amides is 1. The van der Waals surface area contributed by atoms with Crippen LogP contribution in [0.1, 0.15) is 63.6 Å². The molecule has 0 aromatic heterocycles. The molecule has 1 aliphatic rings. The summed E-state index contributed by atoms with van der Waals surface area (Å²) < 4.78 is 10.8. The van der Waals surface area contributed by atoms with Gasteiger partial charge >= 0.3 is 11.9 Å². The van der Waals surface area contributed by atoms with E-state index in [4.69, 9.17) is 9.47 Å². The number of hydrogen-bond acceptors (Lipinski definition) is 7. The number of nitrogens with zero attached hydrogens (tertiary/aromatic N) is 2. The zero-order chi connectivity index (χ0) is 27.7. The van der Waals surface area contributed by atoms with Gasteiger partial charge in [-0.15, -0.1) is 0 Å². The summed E-state index contributed by atoms with van der Waals surface area (Å²) in [6.45, 7) is 10.7. The van der Waals surface area contributed by atoms with Crippen LogP contribution >= 0.6 is 0 Å². The van der Waals surface area contributed by atoms with Crippen molar-refractivity contribution in [3.05, 3.63) is 71.3 Å². The lowest BCUT2D eigenvalue weighted by atomic mass is 9.95. The molecule has 1 unspecified atom stereocenters. The van der Waals surface area contributed by atoms with Gasteiger partial charge < -0.3 is 14.8 Å². The smallest absolute Gasteiger partial charge is 0.327 e. The Morgan fingerprint density at radius 1 is 1.03 bits per heavy atom. The van der Waals surface area contributed by atoms with Gasteiger partial charge in [-0.2, -0.15) is 0 Å². The molecule has 38 heavy (non-hydrogen) atoms. The highest BCUT2D eigenvalue weighted by Crippen LogP contribution is 2.22. The van der Waals surface area contributed by atoms with Crippen molar-refractivity contribution in [1.82, 2.24) is 15.3 Å². The summed E-state index contributed by atoms with van der Waals surface area (Å²) in [4.78, 5) is 39.0. The number of fused-ring (bicyclic) bond motifs is 1. The third kappa shape index (κ3) is 8.39. The molecule has 2 atom stereocenters. The molecule has 1 aliphatic heterocycles. The van der Waals surface area contributed by atoms with E-state index in [0.717, 1.165) is 17.5 Å². The van der Waals surface area contributed by atoms with Crippen LogP contribution in [0.15, 0.2) is 54.6 Å². The van der Waals surface area contributed by atoms with Crippen LogP contribution in [0.4, 0.5) is 0 Å². The van der Waals surface area contributed by atoms with Crippen molar-refractivity contribution in [3.63, 3.8) is 0 Å². The van der Waals surface area contributed by atoms with Crippen LogP contribution in [0.25, 0.3) is 0 Å². The Balaban J connectivity index is 1.69. The fraction of sp³-hybridized carbons (Fsp3) is 0.500. The Morgan fingerprint density at radius 2 is 1.68 bits per heavy atom. The van der Waals surface area contributed by atoms with E-state index in [9.17, 15) is 14.4 Å². The standard InChI is InChI=1S/C30H41N3O5/c1-6-37-29(36)26(24-13-8-7-9-14-24)16-18-31-22(2)28(35)33(21-27(34)38-30(3,4)5)32-19-17-23-12-10-11-15-25(23)20-32/h7-15,22,26,31H,6,16-21H2,1-5H3/t22-,26?/m0/s1. The molecule has 2 aromatic rings. The maximum Gasteiger partial charge on any atom is 0.327 e. The number of hydrazine groups is 1. The maximum absolute atomic E-state index is 13.7. The summed E-state index contributed by atoms with van der Waals surface area (Å²) >= 11 is 0. The first kappa shape index (κ1) is 29.3. The first-order valence-corrected chi connectivity index (χ1v) is 13.4. The van der Waals surface area contributed by atoms with Gasteiger partial charge in [0.05, 0.1) is 18.6 Å². The quantitative estimate of drug-likeness (QED) is 0.448.